The largest absolute Gasteiger partial charge is 0.464 e. The van der Waals surface area contributed by atoms with Gasteiger partial charge in [-0.15, -0.1) is 11.8 Å². The van der Waals surface area contributed by atoms with Crippen molar-refractivity contribution in [3.8, 4) is 0 Å². The van der Waals surface area contributed by atoms with Gasteiger partial charge in [0.2, 0.25) is 0 Å². The van der Waals surface area contributed by atoms with Gasteiger partial charge in [0.15, 0.2) is 14.1 Å². The molecule has 0 saturated heterocycles. The molecule has 32 heavy (non-hydrogen) atoms. The maximum absolute atomic E-state index is 13.2. The van der Waals surface area contributed by atoms with Crippen LogP contribution in [0.2, 0.25) is 0 Å². The fraction of sp³-hybridized carbons (Fsp3) is 0.346. The zero-order valence-electron chi connectivity index (χ0n) is 18.5. The lowest BCUT2D eigenvalue weighted by molar-refractivity contribution is -0.175. The standard InChI is InChI=1S/C26H29O4PS/c1-3-29-25(27)26(19-31-28,30-4-2)23(16-20-10-6-5-7-11-20)18-32-24-15-14-21-12-8-9-13-22(21)17-24/h5-15,17,23H,3-4,16,18-19H2,1-2H3. The average Bonchev–Trinajstić information content (AvgIpc) is 2.82. The number of rotatable bonds is 12. The molecule has 3 aromatic carbocycles. The lowest BCUT2D eigenvalue weighted by atomic mass is 9.84. The third-order valence-electron chi connectivity index (χ3n) is 5.48. The predicted molar refractivity (Wildman–Crippen MR) is 132 cm³/mol. The van der Waals surface area contributed by atoms with E-state index in [1.807, 2.05) is 49.4 Å². The molecule has 0 aliphatic heterocycles. The molecule has 4 nitrogen and oxygen atoms in total. The van der Waals surface area contributed by atoms with E-state index in [0.29, 0.717) is 18.8 Å². The van der Waals surface area contributed by atoms with Gasteiger partial charge >= 0.3 is 5.97 Å². The number of carbonyl (C=O) groups excluding carboxylic acids is 1. The number of ether oxygens (including phenoxy) is 2. The Morgan fingerprint density at radius 3 is 2.38 bits per heavy atom. The predicted octanol–water partition coefficient (Wildman–Crippen LogP) is 6.42. The van der Waals surface area contributed by atoms with Crippen molar-refractivity contribution in [2.24, 2.45) is 5.92 Å². The van der Waals surface area contributed by atoms with Crippen molar-refractivity contribution in [2.45, 2.75) is 30.8 Å². The molecule has 0 heterocycles. The molecule has 2 atom stereocenters. The van der Waals surface area contributed by atoms with Crippen LogP contribution in [0.3, 0.4) is 0 Å². The topological polar surface area (TPSA) is 52.6 Å². The van der Waals surface area contributed by atoms with Crippen LogP contribution in [-0.4, -0.2) is 36.7 Å². The van der Waals surface area contributed by atoms with Crippen molar-refractivity contribution < 1.29 is 18.8 Å². The third-order valence-corrected chi connectivity index (χ3v) is 7.23. The molecule has 0 radical (unpaired) electrons. The van der Waals surface area contributed by atoms with Gasteiger partial charge in [-0.05, 0) is 48.7 Å². The Morgan fingerprint density at radius 1 is 0.969 bits per heavy atom. The maximum atomic E-state index is 13.2. The van der Waals surface area contributed by atoms with Gasteiger partial charge in [0.1, 0.15) is 0 Å². The van der Waals surface area contributed by atoms with Crippen LogP contribution < -0.4 is 0 Å². The van der Waals surface area contributed by atoms with Crippen molar-refractivity contribution in [1.29, 1.82) is 0 Å². The van der Waals surface area contributed by atoms with Gasteiger partial charge in [-0.2, -0.15) is 0 Å². The summed E-state index contributed by atoms with van der Waals surface area (Å²) in [6.45, 7) is 4.21. The lowest BCUT2D eigenvalue weighted by Gasteiger charge is -2.37. The van der Waals surface area contributed by atoms with Crippen molar-refractivity contribution in [2.75, 3.05) is 25.1 Å². The Labute approximate surface area is 195 Å². The van der Waals surface area contributed by atoms with E-state index in [9.17, 15) is 9.36 Å². The summed E-state index contributed by atoms with van der Waals surface area (Å²) < 4.78 is 23.3. The highest BCUT2D eigenvalue weighted by molar-refractivity contribution is 7.99. The molecule has 0 fully saturated rings. The number of benzene rings is 3. The normalized spacial score (nSPS) is 14.2. The van der Waals surface area contributed by atoms with Crippen LogP contribution in [0.1, 0.15) is 19.4 Å². The molecule has 0 N–H and O–H groups in total. The fourth-order valence-corrected chi connectivity index (χ4v) is 5.73. The zero-order valence-corrected chi connectivity index (χ0v) is 20.2. The first-order chi connectivity index (χ1) is 15.6. The zero-order chi connectivity index (χ0) is 22.8. The van der Waals surface area contributed by atoms with Crippen LogP contribution in [0, 0.1) is 5.92 Å². The van der Waals surface area contributed by atoms with Crippen LogP contribution in [0.4, 0.5) is 0 Å². The summed E-state index contributed by atoms with van der Waals surface area (Å²) in [5.41, 5.74) is -0.166. The number of carbonyl (C=O) groups is 1. The number of thioether (sulfide) groups is 1. The summed E-state index contributed by atoms with van der Waals surface area (Å²) in [5, 5.41) is 2.37. The number of hydrogen-bond acceptors (Lipinski definition) is 5. The minimum absolute atomic E-state index is 0.0649. The first-order valence-corrected chi connectivity index (χ1v) is 12.9. The summed E-state index contributed by atoms with van der Waals surface area (Å²) in [6, 6.07) is 24.7. The molecule has 0 amide bonds. The van der Waals surface area contributed by atoms with Crippen LogP contribution in [0.15, 0.2) is 77.7 Å². The molecule has 0 aromatic heterocycles. The molecule has 0 spiro atoms. The highest BCUT2D eigenvalue weighted by Crippen LogP contribution is 2.36. The molecular weight excluding hydrogens is 439 g/mol. The monoisotopic (exact) mass is 468 g/mol. The molecule has 0 aliphatic rings. The van der Waals surface area contributed by atoms with Crippen molar-refractivity contribution in [3.63, 3.8) is 0 Å². The van der Waals surface area contributed by atoms with Gasteiger partial charge < -0.3 is 9.47 Å². The second-order valence-corrected chi connectivity index (χ2v) is 9.20. The van der Waals surface area contributed by atoms with Gasteiger partial charge in [0, 0.05) is 23.2 Å². The molecule has 2 unspecified atom stereocenters. The molecule has 0 bridgehead atoms. The van der Waals surface area contributed by atoms with Crippen molar-refractivity contribution >= 4 is 37.0 Å². The van der Waals surface area contributed by atoms with E-state index in [1.165, 1.54) is 10.8 Å². The summed E-state index contributed by atoms with van der Waals surface area (Å²) in [7, 11) is -0.139. The first-order valence-electron chi connectivity index (χ1n) is 10.9. The van der Waals surface area contributed by atoms with Gasteiger partial charge in [-0.1, -0.05) is 60.7 Å². The van der Waals surface area contributed by atoms with E-state index >= 15 is 0 Å². The minimum Gasteiger partial charge on any atom is -0.464 e. The van der Waals surface area contributed by atoms with Gasteiger partial charge in [0.25, 0.3) is 0 Å². The number of fused-ring (bicyclic) bond motifs is 1. The highest BCUT2D eigenvalue weighted by atomic mass is 32.2. The third kappa shape index (κ3) is 5.98. The van der Waals surface area contributed by atoms with E-state index in [1.54, 1.807) is 18.7 Å². The smallest absolute Gasteiger partial charge is 0.339 e. The van der Waals surface area contributed by atoms with Gasteiger partial charge in [0.05, 0.1) is 12.8 Å². The van der Waals surface area contributed by atoms with E-state index in [4.69, 9.17) is 9.47 Å². The fourth-order valence-electron chi connectivity index (χ4n) is 3.90. The summed E-state index contributed by atoms with van der Waals surface area (Å²) in [4.78, 5) is 14.3. The van der Waals surface area contributed by atoms with E-state index in [-0.39, 0.29) is 27.1 Å². The number of hydrogen-bond donors (Lipinski definition) is 0. The second kappa shape index (κ2) is 12.2. The minimum atomic E-state index is -1.27. The quantitative estimate of drug-likeness (QED) is 0.174. The summed E-state index contributed by atoms with van der Waals surface area (Å²) in [5.74, 6) is -0.0336. The second-order valence-electron chi connectivity index (χ2n) is 7.54. The Kier molecular flexibility index (Phi) is 9.28. The van der Waals surface area contributed by atoms with Gasteiger partial charge in [-0.25, -0.2) is 4.79 Å². The SMILES string of the molecule is CCOC(=O)C(CP=O)(OCC)C(CSc1ccc2ccccc2c1)Cc1ccccc1. The Morgan fingerprint density at radius 2 is 1.69 bits per heavy atom. The van der Waals surface area contributed by atoms with Gasteiger partial charge in [-0.3, -0.25) is 4.57 Å². The molecule has 6 heteroatoms. The van der Waals surface area contributed by atoms with Crippen molar-refractivity contribution in [3.05, 3.63) is 78.4 Å². The van der Waals surface area contributed by atoms with Crippen LogP contribution in [0.25, 0.3) is 10.8 Å². The van der Waals surface area contributed by atoms with E-state index in [2.05, 4.69) is 30.3 Å². The molecule has 3 aromatic rings. The average molecular weight is 469 g/mol. The van der Waals surface area contributed by atoms with Crippen LogP contribution in [0.5, 0.6) is 0 Å². The first kappa shape index (κ1) is 24.4. The van der Waals surface area contributed by atoms with Crippen LogP contribution >= 0.6 is 20.2 Å². The van der Waals surface area contributed by atoms with Crippen LogP contribution in [-0.2, 0) is 25.3 Å². The van der Waals surface area contributed by atoms with E-state index in [0.717, 1.165) is 10.5 Å². The maximum Gasteiger partial charge on any atom is 0.339 e. The molecule has 3 rings (SSSR count). The number of esters is 1. The summed E-state index contributed by atoms with van der Waals surface area (Å²) in [6.07, 6.45) is 0.686. The molecule has 0 saturated carbocycles. The Bertz CT molecular complexity index is 1030. The molecular formula is C26H29O4PS. The Balaban J connectivity index is 1.94. The molecule has 0 aliphatic carbocycles. The molecule has 168 valence electrons. The Hall–Kier alpha value is -2.20. The van der Waals surface area contributed by atoms with E-state index < -0.39 is 11.6 Å². The lowest BCUT2D eigenvalue weighted by Crippen LogP contribution is -2.53. The highest BCUT2D eigenvalue weighted by Gasteiger charge is 2.48. The summed E-state index contributed by atoms with van der Waals surface area (Å²) >= 11 is 1.68. The van der Waals surface area contributed by atoms with Crippen molar-refractivity contribution in [1.82, 2.24) is 0 Å².